The van der Waals surface area contributed by atoms with Gasteiger partial charge in [0.1, 0.15) is 11.9 Å². The molecule has 2 aromatic rings. The van der Waals surface area contributed by atoms with Crippen LogP contribution in [0.3, 0.4) is 0 Å². The number of Topliss-reactive ketones (excluding diaryl/α,β-unsaturated/α-hetero) is 1. The number of hydrogen-bond acceptors (Lipinski definition) is 3. The van der Waals surface area contributed by atoms with E-state index in [2.05, 4.69) is 0 Å². The summed E-state index contributed by atoms with van der Waals surface area (Å²) in [6.07, 6.45) is -1.39. The lowest BCUT2D eigenvalue weighted by Gasteiger charge is -2.11. The van der Waals surface area contributed by atoms with E-state index in [0.29, 0.717) is 5.56 Å². The average molecular weight is 245 g/mol. The van der Waals surface area contributed by atoms with Crippen LogP contribution in [0.5, 0.6) is 0 Å². The van der Waals surface area contributed by atoms with Crippen molar-refractivity contribution in [3.63, 3.8) is 0 Å². The molecule has 0 saturated heterocycles. The average Bonchev–Trinajstić information content (AvgIpc) is 2.41. The Bertz CT molecular complexity index is 569. The summed E-state index contributed by atoms with van der Waals surface area (Å²) in [6.45, 7) is 0. The Morgan fingerprint density at radius 3 is 2.50 bits per heavy atom. The minimum Gasteiger partial charge on any atom is -0.399 e. The Kier molecular flexibility index (Phi) is 3.39. The van der Waals surface area contributed by atoms with E-state index in [4.69, 9.17) is 5.73 Å². The normalized spacial score (nSPS) is 12.1. The van der Waals surface area contributed by atoms with E-state index < -0.39 is 17.7 Å². The van der Waals surface area contributed by atoms with Crippen LogP contribution in [-0.4, -0.2) is 10.9 Å². The molecule has 0 aromatic heterocycles. The summed E-state index contributed by atoms with van der Waals surface area (Å²) in [7, 11) is 0. The first-order valence-electron chi connectivity index (χ1n) is 5.42. The summed E-state index contributed by atoms with van der Waals surface area (Å²) in [5, 5.41) is 9.90. The lowest BCUT2D eigenvalue weighted by Crippen LogP contribution is -2.14. The van der Waals surface area contributed by atoms with Crippen molar-refractivity contribution in [3.8, 4) is 0 Å². The highest BCUT2D eigenvalue weighted by Crippen LogP contribution is 2.21. The van der Waals surface area contributed by atoms with E-state index >= 15 is 0 Å². The first-order chi connectivity index (χ1) is 8.59. The molecule has 18 heavy (non-hydrogen) atoms. The minimum atomic E-state index is -1.39. The molecule has 0 heterocycles. The fourth-order valence-electron chi connectivity index (χ4n) is 1.67. The van der Waals surface area contributed by atoms with E-state index in [0.717, 1.165) is 6.07 Å². The molecule has 3 nitrogen and oxygen atoms in total. The third-order valence-electron chi connectivity index (χ3n) is 2.62. The van der Waals surface area contributed by atoms with E-state index in [1.54, 1.807) is 30.3 Å². The molecule has 2 rings (SSSR count). The minimum absolute atomic E-state index is 0.202. The Balaban J connectivity index is 2.34. The smallest absolute Gasteiger partial charge is 0.198 e. The number of carbonyl (C=O) groups excluding carboxylic acids is 1. The van der Waals surface area contributed by atoms with Crippen LogP contribution in [0, 0.1) is 5.82 Å². The van der Waals surface area contributed by atoms with Gasteiger partial charge in [-0.1, -0.05) is 30.3 Å². The molecule has 4 heteroatoms. The highest BCUT2D eigenvalue weighted by atomic mass is 19.1. The van der Waals surface area contributed by atoms with Gasteiger partial charge in [0.05, 0.1) is 5.56 Å². The standard InChI is InChI=1S/C14H12FNO2/c15-12-7-6-10(16)8-11(12)14(18)13(17)9-4-2-1-3-5-9/h1-8,13,17H,16H2. The van der Waals surface area contributed by atoms with Gasteiger partial charge in [0.25, 0.3) is 0 Å². The summed E-state index contributed by atoms with van der Waals surface area (Å²) < 4.78 is 13.5. The highest BCUT2D eigenvalue weighted by Gasteiger charge is 2.22. The SMILES string of the molecule is Nc1ccc(F)c(C(=O)C(O)c2ccccc2)c1. The molecule has 1 unspecified atom stereocenters. The summed E-state index contributed by atoms with van der Waals surface area (Å²) in [6, 6.07) is 12.1. The van der Waals surface area contributed by atoms with Crippen molar-refractivity contribution in [1.29, 1.82) is 0 Å². The number of benzene rings is 2. The molecule has 0 aliphatic rings. The third kappa shape index (κ3) is 2.38. The predicted octanol–water partition coefficient (Wildman–Crippen LogP) is 2.32. The molecule has 0 aliphatic carbocycles. The first-order valence-corrected chi connectivity index (χ1v) is 5.42. The number of halogens is 1. The number of aliphatic hydroxyl groups is 1. The number of carbonyl (C=O) groups is 1. The monoisotopic (exact) mass is 245 g/mol. The molecule has 2 aromatic carbocycles. The fourth-order valence-corrected chi connectivity index (χ4v) is 1.67. The van der Waals surface area contributed by atoms with Gasteiger partial charge in [-0.05, 0) is 23.8 Å². The maximum Gasteiger partial charge on any atom is 0.198 e. The zero-order chi connectivity index (χ0) is 13.1. The molecule has 0 aliphatic heterocycles. The third-order valence-corrected chi connectivity index (χ3v) is 2.62. The zero-order valence-corrected chi connectivity index (χ0v) is 9.51. The molecular formula is C14H12FNO2. The van der Waals surface area contributed by atoms with Crippen LogP contribution in [0.4, 0.5) is 10.1 Å². The van der Waals surface area contributed by atoms with E-state index in [1.807, 2.05) is 0 Å². The molecule has 1 atom stereocenters. The van der Waals surface area contributed by atoms with Crippen LogP contribution in [0.15, 0.2) is 48.5 Å². The quantitative estimate of drug-likeness (QED) is 0.644. The Hall–Kier alpha value is -2.20. The molecule has 0 fully saturated rings. The van der Waals surface area contributed by atoms with Crippen LogP contribution in [0.1, 0.15) is 22.0 Å². The van der Waals surface area contributed by atoms with Gasteiger partial charge in [0, 0.05) is 5.69 Å². The predicted molar refractivity (Wildman–Crippen MR) is 66.5 cm³/mol. The van der Waals surface area contributed by atoms with Gasteiger partial charge >= 0.3 is 0 Å². The van der Waals surface area contributed by atoms with Gasteiger partial charge in [-0.2, -0.15) is 0 Å². The summed E-state index contributed by atoms with van der Waals surface area (Å²) >= 11 is 0. The number of anilines is 1. The van der Waals surface area contributed by atoms with Crippen molar-refractivity contribution < 1.29 is 14.3 Å². The Morgan fingerprint density at radius 1 is 1.17 bits per heavy atom. The zero-order valence-electron chi connectivity index (χ0n) is 9.51. The Morgan fingerprint density at radius 2 is 1.83 bits per heavy atom. The second-order valence-corrected chi connectivity index (χ2v) is 3.92. The van der Waals surface area contributed by atoms with Gasteiger partial charge in [-0.25, -0.2) is 4.39 Å². The fraction of sp³-hybridized carbons (Fsp3) is 0.0714. The lowest BCUT2D eigenvalue weighted by molar-refractivity contribution is 0.0743. The van der Waals surface area contributed by atoms with Crippen LogP contribution in [0.2, 0.25) is 0 Å². The maximum absolute atomic E-state index is 13.5. The van der Waals surface area contributed by atoms with Crippen molar-refractivity contribution in [3.05, 3.63) is 65.5 Å². The van der Waals surface area contributed by atoms with Crippen molar-refractivity contribution in [1.82, 2.24) is 0 Å². The number of aliphatic hydroxyl groups excluding tert-OH is 1. The van der Waals surface area contributed by atoms with Crippen LogP contribution < -0.4 is 5.73 Å². The number of rotatable bonds is 3. The van der Waals surface area contributed by atoms with Crippen molar-refractivity contribution in [2.75, 3.05) is 5.73 Å². The molecule has 0 amide bonds. The van der Waals surface area contributed by atoms with E-state index in [-0.39, 0.29) is 11.3 Å². The molecule has 92 valence electrons. The van der Waals surface area contributed by atoms with E-state index in [1.165, 1.54) is 12.1 Å². The first kappa shape index (κ1) is 12.3. The van der Waals surface area contributed by atoms with Gasteiger partial charge in [-0.15, -0.1) is 0 Å². The molecule has 0 saturated carbocycles. The van der Waals surface area contributed by atoms with Crippen LogP contribution in [-0.2, 0) is 0 Å². The molecule has 0 radical (unpaired) electrons. The number of hydrogen-bond donors (Lipinski definition) is 2. The second kappa shape index (κ2) is 4.98. The van der Waals surface area contributed by atoms with Gasteiger partial charge in [-0.3, -0.25) is 4.79 Å². The topological polar surface area (TPSA) is 63.3 Å². The highest BCUT2D eigenvalue weighted by molar-refractivity contribution is 6.00. The van der Waals surface area contributed by atoms with Crippen LogP contribution in [0.25, 0.3) is 0 Å². The second-order valence-electron chi connectivity index (χ2n) is 3.92. The molecular weight excluding hydrogens is 233 g/mol. The number of nitrogen functional groups attached to an aromatic ring is 1. The van der Waals surface area contributed by atoms with Crippen LogP contribution >= 0.6 is 0 Å². The summed E-state index contributed by atoms with van der Waals surface area (Å²) in [4.78, 5) is 12.0. The number of ketones is 1. The maximum atomic E-state index is 13.5. The molecule has 3 N–H and O–H groups in total. The molecule has 0 spiro atoms. The van der Waals surface area contributed by atoms with E-state index in [9.17, 15) is 14.3 Å². The lowest BCUT2D eigenvalue weighted by atomic mass is 9.99. The van der Waals surface area contributed by atoms with Crippen molar-refractivity contribution >= 4 is 11.5 Å². The Labute approximate surface area is 104 Å². The summed E-state index contributed by atoms with van der Waals surface area (Å²) in [5.74, 6) is -1.39. The number of nitrogens with two attached hydrogens (primary N) is 1. The van der Waals surface area contributed by atoms with Crippen molar-refractivity contribution in [2.45, 2.75) is 6.10 Å². The largest absolute Gasteiger partial charge is 0.399 e. The van der Waals surface area contributed by atoms with Gasteiger partial charge in [0.2, 0.25) is 0 Å². The van der Waals surface area contributed by atoms with Gasteiger partial charge in [0.15, 0.2) is 5.78 Å². The van der Waals surface area contributed by atoms with Gasteiger partial charge < -0.3 is 10.8 Å². The van der Waals surface area contributed by atoms with Crippen molar-refractivity contribution in [2.24, 2.45) is 0 Å². The molecule has 0 bridgehead atoms. The summed E-state index contributed by atoms with van der Waals surface area (Å²) in [5.41, 5.74) is 6.00.